The standard InChI is InChI=1S/C12H12N4O2S2/c1-7-3-13-11-15(9(7)17)5-16-10(18)8(2)4-14-12(16)20-6-19-11/h3-4H,5-6H2,1-2H3. The lowest BCUT2D eigenvalue weighted by molar-refractivity contribution is 0.471. The average Bonchev–Trinajstić information content (AvgIpc) is 2.41. The molecule has 6 nitrogen and oxygen atoms in total. The van der Waals surface area contributed by atoms with Crippen LogP contribution in [0.2, 0.25) is 0 Å². The Morgan fingerprint density at radius 2 is 1.40 bits per heavy atom. The lowest BCUT2D eigenvalue weighted by Crippen LogP contribution is -2.35. The van der Waals surface area contributed by atoms with Gasteiger partial charge in [0.25, 0.3) is 11.1 Å². The molecule has 0 amide bonds. The Balaban J connectivity index is 2.24. The molecule has 1 aliphatic heterocycles. The molecule has 0 bridgehead atoms. The largest absolute Gasteiger partial charge is 0.269 e. The second-order valence-electron chi connectivity index (χ2n) is 4.46. The van der Waals surface area contributed by atoms with Crippen LogP contribution in [0.4, 0.5) is 0 Å². The summed E-state index contributed by atoms with van der Waals surface area (Å²) in [5.74, 6) is 0. The van der Waals surface area contributed by atoms with Crippen molar-refractivity contribution < 1.29 is 0 Å². The van der Waals surface area contributed by atoms with E-state index >= 15 is 0 Å². The van der Waals surface area contributed by atoms with Gasteiger partial charge in [0.1, 0.15) is 6.67 Å². The van der Waals surface area contributed by atoms with E-state index in [2.05, 4.69) is 9.97 Å². The molecule has 3 heterocycles. The van der Waals surface area contributed by atoms with E-state index < -0.39 is 0 Å². The molecule has 3 rings (SSSR count). The van der Waals surface area contributed by atoms with Crippen LogP contribution in [0.5, 0.6) is 0 Å². The van der Waals surface area contributed by atoms with Crippen LogP contribution in [0.1, 0.15) is 11.1 Å². The van der Waals surface area contributed by atoms with Gasteiger partial charge >= 0.3 is 0 Å². The molecule has 1 aliphatic rings. The molecule has 0 aromatic carbocycles. The highest BCUT2D eigenvalue weighted by Gasteiger charge is 2.17. The van der Waals surface area contributed by atoms with Crippen LogP contribution < -0.4 is 11.1 Å². The van der Waals surface area contributed by atoms with Crippen molar-refractivity contribution in [2.45, 2.75) is 30.8 Å². The number of aryl methyl sites for hydroxylation is 2. The molecule has 0 aliphatic carbocycles. The fourth-order valence-electron chi connectivity index (χ4n) is 1.91. The summed E-state index contributed by atoms with van der Waals surface area (Å²) in [6.45, 7) is 3.60. The highest BCUT2D eigenvalue weighted by Crippen LogP contribution is 2.26. The van der Waals surface area contributed by atoms with Gasteiger partial charge in [0, 0.05) is 23.5 Å². The predicted octanol–water partition coefficient (Wildman–Crippen LogP) is 1.08. The van der Waals surface area contributed by atoms with Crippen LogP contribution in [0.15, 0.2) is 32.3 Å². The lowest BCUT2D eigenvalue weighted by atomic mass is 10.4. The van der Waals surface area contributed by atoms with Gasteiger partial charge in [0.15, 0.2) is 10.3 Å². The van der Waals surface area contributed by atoms with Gasteiger partial charge < -0.3 is 0 Å². The smallest absolute Gasteiger partial charge is 0.258 e. The fraction of sp³-hybridized carbons (Fsp3) is 0.333. The molecule has 0 radical (unpaired) electrons. The van der Waals surface area contributed by atoms with Crippen molar-refractivity contribution in [1.29, 1.82) is 0 Å². The zero-order valence-electron chi connectivity index (χ0n) is 11.0. The normalized spacial score (nSPS) is 14.1. The number of aromatic nitrogens is 4. The van der Waals surface area contributed by atoms with Crippen LogP contribution in [0.25, 0.3) is 0 Å². The van der Waals surface area contributed by atoms with E-state index in [1.807, 2.05) is 0 Å². The molecule has 104 valence electrons. The van der Waals surface area contributed by atoms with Crippen LogP contribution in [-0.2, 0) is 6.67 Å². The SMILES string of the molecule is Cc1cnc2n(c1=O)Cn1c(ncc(C)c1=O)SCS2. The molecule has 8 heteroatoms. The van der Waals surface area contributed by atoms with E-state index in [0.717, 1.165) is 0 Å². The third kappa shape index (κ3) is 2.18. The average molecular weight is 308 g/mol. The molecule has 0 N–H and O–H groups in total. The van der Waals surface area contributed by atoms with Gasteiger partial charge in [-0.25, -0.2) is 9.97 Å². The summed E-state index contributed by atoms with van der Waals surface area (Å²) in [7, 11) is 0. The van der Waals surface area contributed by atoms with Crippen molar-refractivity contribution in [3.05, 3.63) is 44.2 Å². The van der Waals surface area contributed by atoms with E-state index in [1.54, 1.807) is 26.2 Å². The highest BCUT2D eigenvalue weighted by molar-refractivity contribution is 8.15. The first kappa shape index (κ1) is 13.4. The Morgan fingerprint density at radius 1 is 0.950 bits per heavy atom. The lowest BCUT2D eigenvalue weighted by Gasteiger charge is -2.19. The van der Waals surface area contributed by atoms with Gasteiger partial charge in [0.2, 0.25) is 0 Å². The molecule has 0 fully saturated rings. The number of fused-ring (bicyclic) bond motifs is 2. The van der Waals surface area contributed by atoms with Gasteiger partial charge in [-0.15, -0.1) is 0 Å². The summed E-state index contributed by atoms with van der Waals surface area (Å²) in [5.41, 5.74) is 0.901. The van der Waals surface area contributed by atoms with E-state index in [-0.39, 0.29) is 17.8 Å². The topological polar surface area (TPSA) is 69.8 Å². The van der Waals surface area contributed by atoms with Crippen LogP contribution >= 0.6 is 23.5 Å². The first-order valence-electron chi connectivity index (χ1n) is 5.96. The van der Waals surface area contributed by atoms with Gasteiger partial charge in [-0.2, -0.15) is 0 Å². The van der Waals surface area contributed by atoms with Crippen LogP contribution in [-0.4, -0.2) is 24.2 Å². The Hall–Kier alpha value is -1.54. The van der Waals surface area contributed by atoms with Gasteiger partial charge in [0.05, 0.1) is 5.08 Å². The summed E-state index contributed by atoms with van der Waals surface area (Å²) in [5, 5.41) is 1.92. The molecule has 0 unspecified atom stereocenters. The van der Waals surface area contributed by atoms with Gasteiger partial charge in [-0.05, 0) is 13.8 Å². The zero-order valence-corrected chi connectivity index (χ0v) is 12.6. The monoisotopic (exact) mass is 308 g/mol. The molecular weight excluding hydrogens is 296 g/mol. The van der Waals surface area contributed by atoms with E-state index in [1.165, 1.54) is 32.7 Å². The zero-order chi connectivity index (χ0) is 14.3. The predicted molar refractivity (Wildman–Crippen MR) is 78.4 cm³/mol. The van der Waals surface area contributed by atoms with E-state index in [4.69, 9.17) is 0 Å². The molecule has 0 atom stereocenters. The fourth-order valence-corrected chi connectivity index (χ4v) is 3.84. The maximum Gasteiger partial charge on any atom is 0.258 e. The minimum atomic E-state index is -0.117. The number of hydrogen-bond acceptors (Lipinski definition) is 6. The van der Waals surface area contributed by atoms with Crippen molar-refractivity contribution in [2.24, 2.45) is 0 Å². The Morgan fingerprint density at radius 3 is 1.85 bits per heavy atom. The molecule has 0 saturated carbocycles. The first-order chi connectivity index (χ1) is 9.58. The first-order valence-corrected chi connectivity index (χ1v) is 7.93. The van der Waals surface area contributed by atoms with Crippen LogP contribution in [0.3, 0.4) is 0 Å². The van der Waals surface area contributed by atoms with Crippen molar-refractivity contribution in [1.82, 2.24) is 19.1 Å². The Bertz CT molecular complexity index is 732. The van der Waals surface area contributed by atoms with Crippen molar-refractivity contribution in [2.75, 3.05) is 5.08 Å². The van der Waals surface area contributed by atoms with E-state index in [0.29, 0.717) is 26.5 Å². The number of rotatable bonds is 0. The molecular formula is C12H12N4O2S2. The number of thioether (sulfide) groups is 2. The molecule has 0 saturated heterocycles. The molecule has 20 heavy (non-hydrogen) atoms. The summed E-state index contributed by atoms with van der Waals surface area (Å²) in [6, 6.07) is 0. The van der Waals surface area contributed by atoms with Crippen LogP contribution in [0, 0.1) is 13.8 Å². The van der Waals surface area contributed by atoms with Gasteiger partial charge in [-0.1, -0.05) is 23.5 Å². The van der Waals surface area contributed by atoms with Gasteiger partial charge in [-0.3, -0.25) is 18.7 Å². The van der Waals surface area contributed by atoms with Crippen molar-refractivity contribution >= 4 is 23.5 Å². The maximum absolute atomic E-state index is 12.3. The quantitative estimate of drug-likeness (QED) is 0.678. The second kappa shape index (κ2) is 5.10. The second-order valence-corrected chi connectivity index (χ2v) is 6.71. The summed E-state index contributed by atoms with van der Waals surface area (Å²) in [4.78, 5) is 33.1. The van der Waals surface area contributed by atoms with Crippen molar-refractivity contribution in [3.63, 3.8) is 0 Å². The minimum absolute atomic E-state index is 0.117. The summed E-state index contributed by atoms with van der Waals surface area (Å²) in [6.07, 6.45) is 3.15. The Kier molecular flexibility index (Phi) is 3.43. The van der Waals surface area contributed by atoms with E-state index in [9.17, 15) is 9.59 Å². The minimum Gasteiger partial charge on any atom is -0.269 e. The number of hydrogen-bond donors (Lipinski definition) is 0. The maximum atomic E-state index is 12.3. The molecule has 2 aromatic heterocycles. The third-order valence-electron chi connectivity index (χ3n) is 3.02. The summed E-state index contributed by atoms with van der Waals surface area (Å²) >= 11 is 2.96. The molecule has 2 aromatic rings. The Labute approximate surface area is 123 Å². The van der Waals surface area contributed by atoms with Crippen molar-refractivity contribution in [3.8, 4) is 0 Å². The molecule has 0 spiro atoms. The summed E-state index contributed by atoms with van der Waals surface area (Å²) < 4.78 is 3.07. The number of nitrogens with zero attached hydrogens (tertiary/aromatic N) is 4. The third-order valence-corrected chi connectivity index (χ3v) is 5.13. The highest BCUT2D eigenvalue weighted by atomic mass is 32.2.